The molecule has 1 N–H and O–H groups in total. The molecule has 0 aliphatic carbocycles. The Morgan fingerprint density at radius 2 is 1.84 bits per heavy atom. The number of thiophene rings is 1. The van der Waals surface area contributed by atoms with Crippen molar-refractivity contribution in [3.05, 3.63) is 78.1 Å². The predicted octanol–water partition coefficient (Wildman–Crippen LogP) is 6.29. The number of nitrogens with zero attached hydrogens (tertiary/aromatic N) is 2. The van der Waals surface area contributed by atoms with Crippen LogP contribution in [0, 0.1) is 5.82 Å². The molecule has 2 aromatic heterocycles. The van der Waals surface area contributed by atoms with Crippen LogP contribution in [0.1, 0.15) is 6.42 Å². The highest BCUT2D eigenvalue weighted by Crippen LogP contribution is 2.38. The van der Waals surface area contributed by atoms with Crippen LogP contribution in [-0.2, 0) is 14.8 Å². The Labute approximate surface area is 252 Å². The Hall–Kier alpha value is -3.97. The Morgan fingerprint density at radius 1 is 1.00 bits per heavy atom. The number of morpholine rings is 1. The lowest BCUT2D eigenvalue weighted by molar-refractivity contribution is 0.0357. The predicted molar refractivity (Wildman–Crippen MR) is 165 cm³/mol. The van der Waals surface area contributed by atoms with Crippen LogP contribution < -0.4 is 18.9 Å². The Kier molecular flexibility index (Phi) is 8.61. The van der Waals surface area contributed by atoms with Gasteiger partial charge in [-0.15, -0.1) is 11.3 Å². The molecule has 9 nitrogen and oxygen atoms in total. The molecule has 0 spiro atoms. The summed E-state index contributed by atoms with van der Waals surface area (Å²) in [5, 5.41) is 2.79. The first-order valence-electron chi connectivity index (χ1n) is 13.8. The third kappa shape index (κ3) is 6.52. The van der Waals surface area contributed by atoms with Crippen LogP contribution in [0.4, 0.5) is 10.1 Å². The van der Waals surface area contributed by atoms with Crippen LogP contribution >= 0.6 is 11.3 Å². The number of sulfonamides is 1. The van der Waals surface area contributed by atoms with Crippen molar-refractivity contribution in [1.29, 1.82) is 0 Å². The lowest BCUT2D eigenvalue weighted by Crippen LogP contribution is -2.37. The quantitative estimate of drug-likeness (QED) is 0.172. The van der Waals surface area contributed by atoms with Crippen LogP contribution in [0.15, 0.2) is 77.1 Å². The number of hydrogen-bond donors (Lipinski definition) is 1. The highest BCUT2D eigenvalue weighted by atomic mass is 32.2. The van der Waals surface area contributed by atoms with E-state index in [9.17, 15) is 8.42 Å². The molecule has 0 radical (unpaired) electrons. The highest BCUT2D eigenvalue weighted by Gasteiger charge is 2.20. The molecule has 3 heterocycles. The highest BCUT2D eigenvalue weighted by molar-refractivity contribution is 7.93. The van der Waals surface area contributed by atoms with Crippen LogP contribution in [0.5, 0.6) is 23.0 Å². The van der Waals surface area contributed by atoms with E-state index in [-0.39, 0.29) is 16.3 Å². The van der Waals surface area contributed by atoms with Crippen molar-refractivity contribution < 1.29 is 31.8 Å². The first-order chi connectivity index (χ1) is 20.9. The van der Waals surface area contributed by atoms with E-state index in [0.29, 0.717) is 40.1 Å². The molecule has 1 saturated heterocycles. The normalized spacial score (nSPS) is 14.2. The monoisotopic (exact) mass is 623 g/mol. The largest absolute Gasteiger partial charge is 0.493 e. The fourth-order valence-corrected chi connectivity index (χ4v) is 7.48. The molecule has 1 fully saturated rings. The van der Waals surface area contributed by atoms with Crippen molar-refractivity contribution in [2.24, 2.45) is 0 Å². The zero-order valence-corrected chi connectivity index (χ0v) is 25.0. The number of fused-ring (bicyclic) bond motifs is 2. The lowest BCUT2D eigenvalue weighted by atomic mass is 10.1. The van der Waals surface area contributed by atoms with Gasteiger partial charge in [0, 0.05) is 58.8 Å². The molecule has 0 saturated carbocycles. The summed E-state index contributed by atoms with van der Waals surface area (Å²) in [7, 11) is -2.38. The number of aromatic nitrogens is 1. The Morgan fingerprint density at radius 3 is 2.65 bits per heavy atom. The molecular weight excluding hydrogens is 593 g/mol. The number of ether oxygens (including phenoxy) is 4. The molecule has 3 aromatic carbocycles. The molecule has 43 heavy (non-hydrogen) atoms. The van der Waals surface area contributed by atoms with E-state index in [1.54, 1.807) is 49.0 Å². The van der Waals surface area contributed by atoms with Gasteiger partial charge in [0.2, 0.25) is 0 Å². The van der Waals surface area contributed by atoms with Gasteiger partial charge in [0.1, 0.15) is 10.6 Å². The van der Waals surface area contributed by atoms with Gasteiger partial charge in [0.25, 0.3) is 10.0 Å². The van der Waals surface area contributed by atoms with Gasteiger partial charge >= 0.3 is 0 Å². The van der Waals surface area contributed by atoms with Crippen molar-refractivity contribution in [2.75, 3.05) is 51.3 Å². The molecule has 0 bridgehead atoms. The van der Waals surface area contributed by atoms with Crippen molar-refractivity contribution in [2.45, 2.75) is 11.3 Å². The molecular formula is C31H30FN3O6S2. The summed E-state index contributed by atoms with van der Waals surface area (Å²) in [4.78, 5) is 6.93. The number of halogens is 1. The van der Waals surface area contributed by atoms with Crippen LogP contribution in [-0.4, -0.2) is 64.9 Å². The van der Waals surface area contributed by atoms with Crippen LogP contribution in [0.2, 0.25) is 0 Å². The number of methoxy groups -OCH3 is 1. The second kappa shape index (κ2) is 12.7. The maximum atomic E-state index is 15.2. The standard InChI is InChI=1S/C31H30FN3O6S2/c1-38-28-18-23-25(19-29(28)40-14-4-11-35-12-15-39-16-13-35)33-10-9-26(23)41-27-8-7-21(17-24(27)32)34-43(36,37)31-20-42-30-6-3-2-5-22(30)31/h2-3,5-10,17-20,34H,4,11-16H2,1H3. The molecule has 5 aromatic rings. The minimum atomic E-state index is -3.93. The zero-order valence-electron chi connectivity index (χ0n) is 23.4. The molecule has 1 aliphatic heterocycles. The molecule has 1 aliphatic rings. The number of anilines is 1. The van der Waals surface area contributed by atoms with E-state index in [0.717, 1.165) is 50.0 Å². The summed E-state index contributed by atoms with van der Waals surface area (Å²) >= 11 is 1.33. The van der Waals surface area contributed by atoms with E-state index in [4.69, 9.17) is 18.9 Å². The third-order valence-corrected chi connectivity index (χ3v) is 9.64. The first-order valence-corrected chi connectivity index (χ1v) is 16.1. The first kappa shape index (κ1) is 29.1. The average molecular weight is 624 g/mol. The maximum Gasteiger partial charge on any atom is 0.263 e. The second-order valence-electron chi connectivity index (χ2n) is 9.93. The SMILES string of the molecule is COc1cc2c(Oc3ccc(NS(=O)(=O)c4csc5ccccc45)cc3F)ccnc2cc1OCCCN1CCOCC1. The van der Waals surface area contributed by atoms with E-state index >= 15 is 4.39 Å². The van der Waals surface area contributed by atoms with Gasteiger partial charge in [-0.25, -0.2) is 12.8 Å². The second-order valence-corrected chi connectivity index (χ2v) is 12.5. The van der Waals surface area contributed by atoms with Gasteiger partial charge in [-0.1, -0.05) is 18.2 Å². The van der Waals surface area contributed by atoms with Crippen molar-refractivity contribution in [3.8, 4) is 23.0 Å². The van der Waals surface area contributed by atoms with Gasteiger partial charge in [-0.2, -0.15) is 0 Å². The third-order valence-electron chi connectivity index (χ3n) is 7.11. The van der Waals surface area contributed by atoms with E-state index < -0.39 is 15.8 Å². The van der Waals surface area contributed by atoms with Crippen molar-refractivity contribution in [1.82, 2.24) is 9.88 Å². The molecule has 224 valence electrons. The van der Waals surface area contributed by atoms with Crippen LogP contribution in [0.3, 0.4) is 0 Å². The minimum Gasteiger partial charge on any atom is -0.493 e. The smallest absolute Gasteiger partial charge is 0.263 e. The lowest BCUT2D eigenvalue weighted by Gasteiger charge is -2.26. The van der Waals surface area contributed by atoms with Crippen molar-refractivity contribution >= 4 is 48.0 Å². The molecule has 12 heteroatoms. The summed E-state index contributed by atoms with van der Waals surface area (Å²) in [5.74, 6) is 0.622. The van der Waals surface area contributed by atoms with Crippen molar-refractivity contribution in [3.63, 3.8) is 0 Å². The fourth-order valence-electron chi connectivity index (χ4n) is 4.92. The summed E-state index contributed by atoms with van der Waals surface area (Å²) in [6, 6.07) is 16.3. The minimum absolute atomic E-state index is 0.0705. The Bertz CT molecular complexity index is 1860. The molecule has 0 amide bonds. The van der Waals surface area contributed by atoms with E-state index in [2.05, 4.69) is 14.6 Å². The molecule has 0 atom stereocenters. The van der Waals surface area contributed by atoms with Gasteiger partial charge in [-0.3, -0.25) is 14.6 Å². The van der Waals surface area contributed by atoms with Gasteiger partial charge in [-0.05, 0) is 36.8 Å². The van der Waals surface area contributed by atoms with E-state index in [1.165, 1.54) is 23.5 Å². The van der Waals surface area contributed by atoms with Crippen LogP contribution in [0.25, 0.3) is 21.0 Å². The number of pyridine rings is 1. The molecule has 0 unspecified atom stereocenters. The van der Waals surface area contributed by atoms with Gasteiger partial charge in [0.05, 0.1) is 38.1 Å². The molecule has 6 rings (SSSR count). The number of rotatable bonds is 11. The maximum absolute atomic E-state index is 15.2. The van der Waals surface area contributed by atoms with Gasteiger partial charge < -0.3 is 18.9 Å². The summed E-state index contributed by atoms with van der Waals surface area (Å²) in [6.45, 7) is 4.81. The Balaban J connectivity index is 1.16. The summed E-state index contributed by atoms with van der Waals surface area (Å²) in [6.07, 6.45) is 2.42. The summed E-state index contributed by atoms with van der Waals surface area (Å²) < 4.78 is 67.6. The number of benzene rings is 3. The average Bonchev–Trinajstić information content (AvgIpc) is 3.46. The fraction of sp³-hybridized carbons (Fsp3) is 0.258. The van der Waals surface area contributed by atoms with Gasteiger partial charge in [0.15, 0.2) is 23.1 Å². The number of hydrogen-bond acceptors (Lipinski definition) is 9. The van der Waals surface area contributed by atoms with E-state index in [1.807, 2.05) is 12.1 Å². The topological polar surface area (TPSA) is 99.2 Å². The summed E-state index contributed by atoms with van der Waals surface area (Å²) in [5.41, 5.74) is 0.672. The number of nitrogens with one attached hydrogen (secondary N) is 1. The zero-order chi connectivity index (χ0) is 29.8.